The second-order valence-electron chi connectivity index (χ2n) is 4.83. The van der Waals surface area contributed by atoms with Crippen molar-refractivity contribution in [2.24, 2.45) is 0 Å². The van der Waals surface area contributed by atoms with Gasteiger partial charge >= 0.3 is 0 Å². The van der Waals surface area contributed by atoms with Gasteiger partial charge in [0.1, 0.15) is 12.4 Å². The van der Waals surface area contributed by atoms with Gasteiger partial charge in [-0.2, -0.15) is 5.26 Å². The largest absolute Gasteiger partial charge is 0.399 e. The molecule has 0 aliphatic carbocycles. The Balaban J connectivity index is 2.08. The molecule has 5 nitrogen and oxygen atoms in total. The van der Waals surface area contributed by atoms with Crippen molar-refractivity contribution in [3.05, 3.63) is 59.4 Å². The van der Waals surface area contributed by atoms with Crippen molar-refractivity contribution in [3.8, 4) is 6.07 Å². The van der Waals surface area contributed by atoms with Gasteiger partial charge < -0.3 is 15.4 Å². The van der Waals surface area contributed by atoms with E-state index >= 15 is 0 Å². The van der Waals surface area contributed by atoms with Crippen molar-refractivity contribution in [1.29, 1.82) is 5.26 Å². The Morgan fingerprint density at radius 2 is 2.10 bits per heavy atom. The SMILES string of the molecule is N#Cc1cccc(Cn2c(CO)nc3cc(N)ccc32)c1. The molecular formula is C16H14N4O. The fourth-order valence-corrected chi connectivity index (χ4v) is 2.42. The fraction of sp³-hybridized carbons (Fsp3) is 0.125. The second kappa shape index (κ2) is 5.27. The van der Waals surface area contributed by atoms with Gasteiger partial charge in [0.05, 0.1) is 22.7 Å². The average molecular weight is 278 g/mol. The molecule has 0 aliphatic rings. The lowest BCUT2D eigenvalue weighted by atomic mass is 10.1. The van der Waals surface area contributed by atoms with Crippen LogP contribution in [0.1, 0.15) is 17.0 Å². The Morgan fingerprint density at radius 1 is 1.24 bits per heavy atom. The molecule has 0 unspecified atom stereocenters. The monoisotopic (exact) mass is 278 g/mol. The van der Waals surface area contributed by atoms with Gasteiger partial charge in [-0.05, 0) is 35.9 Å². The minimum Gasteiger partial charge on any atom is -0.399 e. The van der Waals surface area contributed by atoms with Crippen molar-refractivity contribution >= 4 is 16.7 Å². The molecule has 0 radical (unpaired) electrons. The molecule has 1 aromatic heterocycles. The Hall–Kier alpha value is -2.84. The predicted octanol–water partition coefficient (Wildman–Crippen LogP) is 2.03. The molecule has 3 aromatic rings. The van der Waals surface area contributed by atoms with E-state index < -0.39 is 0 Å². The quantitative estimate of drug-likeness (QED) is 0.717. The number of aliphatic hydroxyl groups is 1. The first-order valence-corrected chi connectivity index (χ1v) is 6.56. The first kappa shape index (κ1) is 13.2. The highest BCUT2D eigenvalue weighted by atomic mass is 16.3. The van der Waals surface area contributed by atoms with Crippen molar-refractivity contribution in [2.75, 3.05) is 5.73 Å². The van der Waals surface area contributed by atoms with E-state index in [1.165, 1.54) is 0 Å². The van der Waals surface area contributed by atoms with E-state index in [0.29, 0.717) is 23.6 Å². The van der Waals surface area contributed by atoms with Gasteiger partial charge in [0.25, 0.3) is 0 Å². The van der Waals surface area contributed by atoms with Crippen molar-refractivity contribution < 1.29 is 5.11 Å². The van der Waals surface area contributed by atoms with Crippen molar-refractivity contribution in [3.63, 3.8) is 0 Å². The number of anilines is 1. The number of hydrogen-bond acceptors (Lipinski definition) is 4. The van der Waals surface area contributed by atoms with Crippen molar-refractivity contribution in [2.45, 2.75) is 13.2 Å². The zero-order chi connectivity index (χ0) is 14.8. The number of aromatic nitrogens is 2. The number of nitrogens with two attached hydrogens (primary N) is 1. The van der Waals surface area contributed by atoms with Crippen LogP contribution < -0.4 is 5.73 Å². The molecule has 0 spiro atoms. The number of imidazole rings is 1. The number of hydrogen-bond donors (Lipinski definition) is 2. The number of nitriles is 1. The van der Waals surface area contributed by atoms with Crippen LogP contribution in [0, 0.1) is 11.3 Å². The van der Waals surface area contributed by atoms with Crippen LogP contribution in [0.3, 0.4) is 0 Å². The summed E-state index contributed by atoms with van der Waals surface area (Å²) in [6.07, 6.45) is 0. The highest BCUT2D eigenvalue weighted by Gasteiger charge is 2.10. The minimum atomic E-state index is -0.146. The fourth-order valence-electron chi connectivity index (χ4n) is 2.42. The maximum absolute atomic E-state index is 9.50. The summed E-state index contributed by atoms with van der Waals surface area (Å²) in [4.78, 5) is 4.40. The van der Waals surface area contributed by atoms with Crippen LogP contribution in [0.4, 0.5) is 5.69 Å². The van der Waals surface area contributed by atoms with Gasteiger partial charge in [-0.3, -0.25) is 0 Å². The number of fused-ring (bicyclic) bond motifs is 1. The normalized spacial score (nSPS) is 10.7. The number of nitrogen functional groups attached to an aromatic ring is 1. The van der Waals surface area contributed by atoms with Crippen molar-refractivity contribution in [1.82, 2.24) is 9.55 Å². The highest BCUT2D eigenvalue weighted by Crippen LogP contribution is 2.21. The van der Waals surface area contributed by atoms with Crippen LogP contribution in [0.25, 0.3) is 11.0 Å². The van der Waals surface area contributed by atoms with Crippen LogP contribution in [0.15, 0.2) is 42.5 Å². The number of aliphatic hydroxyl groups excluding tert-OH is 1. The van der Waals surface area contributed by atoms with Gasteiger partial charge in [-0.25, -0.2) is 4.98 Å². The van der Waals surface area contributed by atoms with E-state index in [2.05, 4.69) is 11.1 Å². The summed E-state index contributed by atoms with van der Waals surface area (Å²) in [5.41, 5.74) is 9.68. The lowest BCUT2D eigenvalue weighted by molar-refractivity contribution is 0.267. The highest BCUT2D eigenvalue weighted by molar-refractivity contribution is 5.79. The number of nitrogens with zero attached hydrogens (tertiary/aromatic N) is 3. The number of rotatable bonds is 3. The van der Waals surface area contributed by atoms with Gasteiger partial charge in [-0.1, -0.05) is 12.1 Å². The topological polar surface area (TPSA) is 87.9 Å². The molecule has 0 fully saturated rings. The smallest absolute Gasteiger partial charge is 0.136 e. The first-order chi connectivity index (χ1) is 10.2. The summed E-state index contributed by atoms with van der Waals surface area (Å²) >= 11 is 0. The zero-order valence-electron chi connectivity index (χ0n) is 11.3. The molecule has 5 heteroatoms. The number of benzene rings is 2. The van der Waals surface area contributed by atoms with Crippen LogP contribution in [0.2, 0.25) is 0 Å². The van der Waals surface area contributed by atoms with E-state index in [4.69, 9.17) is 11.0 Å². The molecule has 0 atom stereocenters. The van der Waals surface area contributed by atoms with Crippen LogP contribution in [-0.2, 0) is 13.2 Å². The van der Waals surface area contributed by atoms with Gasteiger partial charge in [-0.15, -0.1) is 0 Å². The molecule has 104 valence electrons. The second-order valence-corrected chi connectivity index (χ2v) is 4.83. The molecule has 3 rings (SSSR count). The van der Waals surface area contributed by atoms with E-state index in [-0.39, 0.29) is 6.61 Å². The van der Waals surface area contributed by atoms with E-state index in [1.807, 2.05) is 34.9 Å². The minimum absolute atomic E-state index is 0.146. The predicted molar refractivity (Wildman–Crippen MR) is 80.3 cm³/mol. The molecule has 0 amide bonds. The van der Waals surface area contributed by atoms with Gasteiger partial charge in [0.2, 0.25) is 0 Å². The molecule has 0 aliphatic heterocycles. The lowest BCUT2D eigenvalue weighted by Gasteiger charge is -2.08. The molecule has 3 N–H and O–H groups in total. The Bertz CT molecular complexity index is 845. The molecule has 21 heavy (non-hydrogen) atoms. The van der Waals surface area contributed by atoms with Crippen LogP contribution >= 0.6 is 0 Å². The third-order valence-electron chi connectivity index (χ3n) is 3.39. The van der Waals surface area contributed by atoms with Crippen LogP contribution in [-0.4, -0.2) is 14.7 Å². The Morgan fingerprint density at radius 3 is 2.86 bits per heavy atom. The third-order valence-corrected chi connectivity index (χ3v) is 3.39. The zero-order valence-corrected chi connectivity index (χ0v) is 11.3. The summed E-state index contributed by atoms with van der Waals surface area (Å²) in [7, 11) is 0. The summed E-state index contributed by atoms with van der Waals surface area (Å²) in [6, 6.07) is 15.0. The molecular weight excluding hydrogens is 264 g/mol. The third kappa shape index (κ3) is 2.45. The molecule has 0 saturated carbocycles. The summed E-state index contributed by atoms with van der Waals surface area (Å²) in [5.74, 6) is 0.581. The van der Waals surface area contributed by atoms with Gasteiger partial charge in [0.15, 0.2) is 0 Å². The van der Waals surface area contributed by atoms with Gasteiger partial charge in [0, 0.05) is 12.2 Å². The average Bonchev–Trinajstić information content (AvgIpc) is 2.84. The maximum atomic E-state index is 9.50. The Labute approximate surface area is 121 Å². The standard InChI is InChI=1S/C16H14N4O/c17-8-11-2-1-3-12(6-11)9-20-15-5-4-13(18)7-14(15)19-16(20)10-21/h1-7,21H,9-10,18H2. The lowest BCUT2D eigenvalue weighted by Crippen LogP contribution is -2.05. The summed E-state index contributed by atoms with van der Waals surface area (Å²) < 4.78 is 1.94. The summed E-state index contributed by atoms with van der Waals surface area (Å²) in [6.45, 7) is 0.401. The van der Waals surface area contributed by atoms with E-state index in [9.17, 15) is 5.11 Å². The Kier molecular flexibility index (Phi) is 3.30. The first-order valence-electron chi connectivity index (χ1n) is 6.56. The van der Waals surface area contributed by atoms with Crippen LogP contribution in [0.5, 0.6) is 0 Å². The molecule has 0 saturated heterocycles. The van der Waals surface area contributed by atoms with E-state index in [0.717, 1.165) is 16.6 Å². The maximum Gasteiger partial charge on any atom is 0.136 e. The molecule has 2 aromatic carbocycles. The summed E-state index contributed by atoms with van der Waals surface area (Å²) in [5, 5.41) is 18.5. The molecule has 1 heterocycles. The van der Waals surface area contributed by atoms with E-state index in [1.54, 1.807) is 12.1 Å². The molecule has 0 bridgehead atoms.